The second-order valence-electron chi connectivity index (χ2n) is 4.44. The van der Waals surface area contributed by atoms with Crippen molar-refractivity contribution in [3.63, 3.8) is 0 Å². The standard InChI is InChI=1S/C15H24O3/c1-3-14(16)5-4-11-18-15-8-6-13(7-9-15)10-12-17-2/h6-9,14,16H,3-5,10-12H2,1-2H3. The molecule has 0 radical (unpaired) electrons. The van der Waals surface area contributed by atoms with E-state index in [-0.39, 0.29) is 6.10 Å². The molecule has 3 heteroatoms. The zero-order valence-electron chi connectivity index (χ0n) is 11.4. The fourth-order valence-electron chi connectivity index (χ4n) is 1.69. The molecule has 0 aromatic heterocycles. The summed E-state index contributed by atoms with van der Waals surface area (Å²) in [5.41, 5.74) is 1.26. The van der Waals surface area contributed by atoms with Gasteiger partial charge in [0.05, 0.1) is 19.3 Å². The number of ether oxygens (including phenoxy) is 2. The third-order valence-electron chi connectivity index (χ3n) is 2.94. The van der Waals surface area contributed by atoms with E-state index in [2.05, 4.69) is 12.1 Å². The number of aliphatic hydroxyl groups excluding tert-OH is 1. The Balaban J connectivity index is 2.22. The fourth-order valence-corrected chi connectivity index (χ4v) is 1.69. The summed E-state index contributed by atoms with van der Waals surface area (Å²) in [7, 11) is 1.71. The van der Waals surface area contributed by atoms with Gasteiger partial charge in [0, 0.05) is 7.11 Å². The number of rotatable bonds is 9. The minimum Gasteiger partial charge on any atom is -0.494 e. The Kier molecular flexibility index (Phi) is 7.46. The number of aliphatic hydroxyl groups is 1. The minimum atomic E-state index is -0.190. The molecule has 0 spiro atoms. The fraction of sp³-hybridized carbons (Fsp3) is 0.600. The first-order chi connectivity index (χ1) is 8.76. The van der Waals surface area contributed by atoms with Gasteiger partial charge in [-0.25, -0.2) is 0 Å². The van der Waals surface area contributed by atoms with Gasteiger partial charge in [-0.2, -0.15) is 0 Å². The number of hydrogen-bond donors (Lipinski definition) is 1. The zero-order valence-corrected chi connectivity index (χ0v) is 11.4. The van der Waals surface area contributed by atoms with Gasteiger partial charge in [0.1, 0.15) is 5.75 Å². The predicted molar refractivity (Wildman–Crippen MR) is 73.0 cm³/mol. The maximum Gasteiger partial charge on any atom is 0.119 e. The molecule has 0 amide bonds. The van der Waals surface area contributed by atoms with Crippen molar-refractivity contribution >= 4 is 0 Å². The average molecular weight is 252 g/mol. The van der Waals surface area contributed by atoms with Crippen LogP contribution in [-0.2, 0) is 11.2 Å². The molecule has 1 atom stereocenters. The number of benzene rings is 1. The van der Waals surface area contributed by atoms with Crippen molar-refractivity contribution < 1.29 is 14.6 Å². The van der Waals surface area contributed by atoms with Crippen LogP contribution in [0.5, 0.6) is 5.75 Å². The van der Waals surface area contributed by atoms with Crippen LogP contribution in [-0.4, -0.2) is 31.5 Å². The highest BCUT2D eigenvalue weighted by molar-refractivity contribution is 5.27. The van der Waals surface area contributed by atoms with Crippen LogP contribution >= 0.6 is 0 Å². The summed E-state index contributed by atoms with van der Waals surface area (Å²) in [5.74, 6) is 0.891. The van der Waals surface area contributed by atoms with E-state index in [0.717, 1.165) is 38.0 Å². The van der Waals surface area contributed by atoms with Crippen molar-refractivity contribution in [2.75, 3.05) is 20.3 Å². The Morgan fingerprint density at radius 3 is 2.50 bits per heavy atom. The van der Waals surface area contributed by atoms with Gasteiger partial charge in [0.15, 0.2) is 0 Å². The third kappa shape index (κ3) is 6.03. The first-order valence-corrected chi connectivity index (χ1v) is 6.65. The normalized spacial score (nSPS) is 12.4. The molecule has 0 saturated carbocycles. The molecule has 3 nitrogen and oxygen atoms in total. The highest BCUT2D eigenvalue weighted by Crippen LogP contribution is 2.13. The third-order valence-corrected chi connectivity index (χ3v) is 2.94. The van der Waals surface area contributed by atoms with Gasteiger partial charge in [-0.15, -0.1) is 0 Å². The van der Waals surface area contributed by atoms with Crippen LogP contribution in [0.15, 0.2) is 24.3 Å². The van der Waals surface area contributed by atoms with Gasteiger partial charge in [-0.1, -0.05) is 19.1 Å². The quantitative estimate of drug-likeness (QED) is 0.687. The van der Waals surface area contributed by atoms with Crippen molar-refractivity contribution in [2.24, 2.45) is 0 Å². The van der Waals surface area contributed by atoms with E-state index >= 15 is 0 Å². The van der Waals surface area contributed by atoms with Gasteiger partial charge in [-0.3, -0.25) is 0 Å². The van der Waals surface area contributed by atoms with E-state index in [1.807, 2.05) is 19.1 Å². The lowest BCUT2D eigenvalue weighted by Crippen LogP contribution is -2.07. The summed E-state index contributed by atoms with van der Waals surface area (Å²) < 4.78 is 10.7. The molecule has 1 aromatic carbocycles. The Morgan fingerprint density at radius 2 is 1.89 bits per heavy atom. The van der Waals surface area contributed by atoms with Gasteiger partial charge in [-0.05, 0) is 43.4 Å². The Morgan fingerprint density at radius 1 is 1.17 bits per heavy atom. The summed E-state index contributed by atoms with van der Waals surface area (Å²) in [6.07, 6.45) is 3.25. The summed E-state index contributed by atoms with van der Waals surface area (Å²) >= 11 is 0. The van der Waals surface area contributed by atoms with Crippen molar-refractivity contribution in [1.29, 1.82) is 0 Å². The molecular formula is C15H24O3. The number of hydrogen-bond acceptors (Lipinski definition) is 3. The van der Waals surface area contributed by atoms with E-state index in [1.165, 1.54) is 5.56 Å². The maximum atomic E-state index is 9.41. The lowest BCUT2D eigenvalue weighted by molar-refractivity contribution is 0.149. The molecule has 0 bridgehead atoms. The molecule has 0 aliphatic carbocycles. The second kappa shape index (κ2) is 8.95. The molecule has 0 heterocycles. The van der Waals surface area contributed by atoms with E-state index in [0.29, 0.717) is 6.61 Å². The molecule has 1 N–H and O–H groups in total. The van der Waals surface area contributed by atoms with Crippen LogP contribution in [0.4, 0.5) is 0 Å². The SMILES string of the molecule is CCC(O)CCCOc1ccc(CCOC)cc1. The molecule has 1 rings (SSSR count). The van der Waals surface area contributed by atoms with Crippen molar-refractivity contribution in [3.05, 3.63) is 29.8 Å². The maximum absolute atomic E-state index is 9.41. The monoisotopic (exact) mass is 252 g/mol. The highest BCUT2D eigenvalue weighted by Gasteiger charge is 2.00. The highest BCUT2D eigenvalue weighted by atomic mass is 16.5. The van der Waals surface area contributed by atoms with Crippen LogP contribution in [0, 0.1) is 0 Å². The van der Waals surface area contributed by atoms with Gasteiger partial charge < -0.3 is 14.6 Å². The van der Waals surface area contributed by atoms with E-state index < -0.39 is 0 Å². The molecule has 1 aromatic rings. The summed E-state index contributed by atoms with van der Waals surface area (Å²) in [6.45, 7) is 3.40. The molecule has 102 valence electrons. The molecule has 0 fully saturated rings. The Hall–Kier alpha value is -1.06. The van der Waals surface area contributed by atoms with Crippen LogP contribution in [0.2, 0.25) is 0 Å². The van der Waals surface area contributed by atoms with Crippen LogP contribution in [0.25, 0.3) is 0 Å². The average Bonchev–Trinajstić information content (AvgIpc) is 2.42. The minimum absolute atomic E-state index is 0.190. The van der Waals surface area contributed by atoms with Crippen LogP contribution in [0.3, 0.4) is 0 Å². The summed E-state index contributed by atoms with van der Waals surface area (Å²) in [4.78, 5) is 0. The van der Waals surface area contributed by atoms with Crippen LogP contribution in [0.1, 0.15) is 31.7 Å². The topological polar surface area (TPSA) is 38.7 Å². The molecule has 18 heavy (non-hydrogen) atoms. The van der Waals surface area contributed by atoms with Crippen molar-refractivity contribution in [3.8, 4) is 5.75 Å². The predicted octanol–water partition coefficient (Wildman–Crippen LogP) is 2.81. The van der Waals surface area contributed by atoms with Gasteiger partial charge in [0.2, 0.25) is 0 Å². The molecule has 1 unspecified atom stereocenters. The lowest BCUT2D eigenvalue weighted by atomic mass is 10.1. The second-order valence-corrected chi connectivity index (χ2v) is 4.44. The zero-order chi connectivity index (χ0) is 13.2. The van der Waals surface area contributed by atoms with Gasteiger partial charge in [0.25, 0.3) is 0 Å². The van der Waals surface area contributed by atoms with Crippen molar-refractivity contribution in [1.82, 2.24) is 0 Å². The van der Waals surface area contributed by atoms with Crippen molar-refractivity contribution in [2.45, 2.75) is 38.7 Å². The Bertz CT molecular complexity index is 308. The van der Waals surface area contributed by atoms with E-state index in [9.17, 15) is 5.11 Å². The first kappa shape index (κ1) is 15.0. The van der Waals surface area contributed by atoms with E-state index in [4.69, 9.17) is 9.47 Å². The largest absolute Gasteiger partial charge is 0.494 e. The molecular weight excluding hydrogens is 228 g/mol. The smallest absolute Gasteiger partial charge is 0.119 e. The molecule has 0 saturated heterocycles. The molecule has 0 aliphatic rings. The summed E-state index contributed by atoms with van der Waals surface area (Å²) in [5, 5.41) is 9.41. The van der Waals surface area contributed by atoms with E-state index in [1.54, 1.807) is 7.11 Å². The molecule has 0 aliphatic heterocycles. The lowest BCUT2D eigenvalue weighted by Gasteiger charge is -2.09. The van der Waals surface area contributed by atoms with Gasteiger partial charge >= 0.3 is 0 Å². The Labute approximate surface area is 110 Å². The van der Waals surface area contributed by atoms with Crippen LogP contribution < -0.4 is 4.74 Å². The summed E-state index contributed by atoms with van der Waals surface area (Å²) in [6, 6.07) is 8.10. The number of methoxy groups -OCH3 is 1. The first-order valence-electron chi connectivity index (χ1n) is 6.65.